The molecule has 0 atom stereocenters. The van der Waals surface area contributed by atoms with Crippen LogP contribution in [0.15, 0.2) is 59.6 Å². The number of hydrogen-bond donors (Lipinski definition) is 2. The molecule has 0 heterocycles. The molecule has 0 aromatic heterocycles. The van der Waals surface area contributed by atoms with Gasteiger partial charge in [0.25, 0.3) is 0 Å². The van der Waals surface area contributed by atoms with E-state index in [0.29, 0.717) is 19.1 Å². The van der Waals surface area contributed by atoms with Gasteiger partial charge in [0.1, 0.15) is 18.0 Å². The number of rotatable bonds is 10. The van der Waals surface area contributed by atoms with Crippen molar-refractivity contribution in [2.24, 2.45) is 4.99 Å². The minimum Gasteiger partial charge on any atom is -0.494 e. The summed E-state index contributed by atoms with van der Waals surface area (Å²) >= 11 is 0. The standard InChI is InChI=1S/C23H32N4O3/c1-18(2)30-21-13-11-19(12-14-21)26-23(25-17-22(28)27(3)4)24-15-8-16-29-20-9-6-5-7-10-20/h5-7,9-14,18H,8,15-17H2,1-4H3,(H2,24,25,26). The highest BCUT2D eigenvalue weighted by Gasteiger charge is 2.06. The molecular formula is C23H32N4O3. The normalized spacial score (nSPS) is 11.2. The number of guanidine groups is 1. The summed E-state index contributed by atoms with van der Waals surface area (Å²) in [6, 6.07) is 17.4. The number of carbonyl (C=O) groups excluding carboxylic acids is 1. The molecule has 7 heteroatoms. The number of nitrogens with one attached hydrogen (secondary N) is 2. The van der Waals surface area contributed by atoms with Crippen LogP contribution >= 0.6 is 0 Å². The van der Waals surface area contributed by atoms with Crippen LogP contribution in [0.25, 0.3) is 0 Å². The molecule has 0 aliphatic heterocycles. The predicted octanol–water partition coefficient (Wildman–Crippen LogP) is 3.39. The van der Waals surface area contributed by atoms with Gasteiger partial charge in [0.15, 0.2) is 5.96 Å². The lowest BCUT2D eigenvalue weighted by Crippen LogP contribution is -2.34. The molecule has 7 nitrogen and oxygen atoms in total. The second-order valence-corrected chi connectivity index (χ2v) is 7.21. The van der Waals surface area contributed by atoms with Crippen molar-refractivity contribution in [3.05, 3.63) is 54.6 Å². The highest BCUT2D eigenvalue weighted by molar-refractivity contribution is 5.95. The molecule has 162 valence electrons. The molecule has 0 saturated carbocycles. The number of ether oxygens (including phenoxy) is 2. The Hall–Kier alpha value is -3.22. The van der Waals surface area contributed by atoms with Crippen LogP contribution in [0.5, 0.6) is 11.5 Å². The Balaban J connectivity index is 1.89. The molecule has 0 unspecified atom stereocenters. The zero-order valence-electron chi connectivity index (χ0n) is 18.2. The maximum Gasteiger partial charge on any atom is 0.243 e. The number of para-hydroxylation sites is 1. The van der Waals surface area contributed by atoms with Crippen molar-refractivity contribution >= 4 is 17.6 Å². The van der Waals surface area contributed by atoms with Crippen LogP contribution in [0.2, 0.25) is 0 Å². The summed E-state index contributed by atoms with van der Waals surface area (Å²) in [5.74, 6) is 2.14. The molecule has 0 fully saturated rings. The molecule has 0 aliphatic rings. The lowest BCUT2D eigenvalue weighted by Gasteiger charge is -2.15. The minimum absolute atomic E-state index is 0.0656. The van der Waals surface area contributed by atoms with Gasteiger partial charge in [-0.2, -0.15) is 0 Å². The Morgan fingerprint density at radius 2 is 1.73 bits per heavy atom. The van der Waals surface area contributed by atoms with Crippen LogP contribution in [0.4, 0.5) is 5.69 Å². The quantitative estimate of drug-likeness (QED) is 0.355. The molecule has 1 amide bonds. The van der Waals surface area contributed by atoms with Crippen LogP contribution in [-0.2, 0) is 4.79 Å². The van der Waals surface area contributed by atoms with Gasteiger partial charge in [0.05, 0.1) is 12.7 Å². The highest BCUT2D eigenvalue weighted by atomic mass is 16.5. The molecule has 0 radical (unpaired) electrons. The number of benzene rings is 2. The Bertz CT molecular complexity index is 790. The number of carbonyl (C=O) groups is 1. The third-order valence-corrected chi connectivity index (χ3v) is 3.99. The number of aliphatic imine (C=N–C) groups is 1. The van der Waals surface area contributed by atoms with Gasteiger partial charge in [-0.1, -0.05) is 18.2 Å². The summed E-state index contributed by atoms with van der Waals surface area (Å²) in [5.41, 5.74) is 0.857. The zero-order chi connectivity index (χ0) is 21.8. The van der Waals surface area contributed by atoms with Crippen LogP contribution in [0.3, 0.4) is 0 Å². The second kappa shape index (κ2) is 12.4. The van der Waals surface area contributed by atoms with Crippen molar-refractivity contribution in [3.8, 4) is 11.5 Å². The van der Waals surface area contributed by atoms with E-state index in [0.717, 1.165) is 23.6 Å². The highest BCUT2D eigenvalue weighted by Crippen LogP contribution is 2.16. The summed E-state index contributed by atoms with van der Waals surface area (Å²) in [5, 5.41) is 6.49. The van der Waals surface area contributed by atoms with Crippen molar-refractivity contribution < 1.29 is 14.3 Å². The first kappa shape index (κ1) is 23.1. The number of anilines is 1. The van der Waals surface area contributed by atoms with Crippen molar-refractivity contribution in [1.82, 2.24) is 10.2 Å². The lowest BCUT2D eigenvalue weighted by atomic mass is 10.3. The molecule has 0 spiro atoms. The van der Waals surface area contributed by atoms with E-state index in [-0.39, 0.29) is 18.6 Å². The molecule has 2 aromatic carbocycles. The monoisotopic (exact) mass is 412 g/mol. The first-order valence-electron chi connectivity index (χ1n) is 10.1. The Morgan fingerprint density at radius 3 is 2.37 bits per heavy atom. The number of amides is 1. The molecule has 2 N–H and O–H groups in total. The van der Waals surface area contributed by atoms with Gasteiger partial charge in [-0.25, -0.2) is 4.99 Å². The van der Waals surface area contributed by atoms with E-state index in [1.54, 1.807) is 14.1 Å². The third kappa shape index (κ3) is 8.86. The van der Waals surface area contributed by atoms with Crippen LogP contribution in [-0.4, -0.2) is 56.7 Å². The number of hydrogen-bond acceptors (Lipinski definition) is 4. The molecule has 0 saturated heterocycles. The van der Waals surface area contributed by atoms with E-state index in [9.17, 15) is 4.79 Å². The van der Waals surface area contributed by atoms with E-state index >= 15 is 0 Å². The number of nitrogens with zero attached hydrogens (tertiary/aromatic N) is 2. The molecule has 0 aliphatic carbocycles. The molecule has 0 bridgehead atoms. The van der Waals surface area contributed by atoms with Crippen LogP contribution in [0, 0.1) is 0 Å². The Labute approximate surface area is 179 Å². The molecule has 2 rings (SSSR count). The van der Waals surface area contributed by atoms with Crippen molar-refractivity contribution in [2.75, 3.05) is 39.1 Å². The second-order valence-electron chi connectivity index (χ2n) is 7.21. The van der Waals surface area contributed by atoms with Gasteiger partial charge in [-0.05, 0) is 56.7 Å². The summed E-state index contributed by atoms with van der Waals surface area (Å²) < 4.78 is 11.4. The van der Waals surface area contributed by atoms with Crippen LogP contribution < -0.4 is 20.1 Å². The fourth-order valence-electron chi connectivity index (χ4n) is 2.44. The van der Waals surface area contributed by atoms with Gasteiger partial charge in [-0.15, -0.1) is 0 Å². The van der Waals surface area contributed by atoms with Gasteiger partial charge >= 0.3 is 0 Å². The van der Waals surface area contributed by atoms with Crippen molar-refractivity contribution in [2.45, 2.75) is 26.4 Å². The maximum atomic E-state index is 11.9. The van der Waals surface area contributed by atoms with Gasteiger partial charge in [0.2, 0.25) is 5.91 Å². The summed E-state index contributed by atoms with van der Waals surface area (Å²) in [4.78, 5) is 17.8. The van der Waals surface area contributed by atoms with Crippen molar-refractivity contribution in [1.29, 1.82) is 0 Å². The first-order valence-corrected chi connectivity index (χ1v) is 10.1. The summed E-state index contributed by atoms with van der Waals surface area (Å²) in [6.07, 6.45) is 0.913. The fraction of sp³-hybridized carbons (Fsp3) is 0.391. The molecular weight excluding hydrogens is 380 g/mol. The third-order valence-electron chi connectivity index (χ3n) is 3.99. The molecule has 2 aromatic rings. The summed E-state index contributed by atoms with van der Waals surface area (Å²) in [6.45, 7) is 5.29. The van der Waals surface area contributed by atoms with E-state index in [1.165, 1.54) is 4.90 Å². The average Bonchev–Trinajstić information content (AvgIpc) is 2.73. The smallest absolute Gasteiger partial charge is 0.243 e. The first-order chi connectivity index (χ1) is 14.4. The lowest BCUT2D eigenvalue weighted by molar-refractivity contribution is -0.127. The SMILES string of the molecule is CC(C)Oc1ccc(NC(=NCC(=O)N(C)C)NCCCOc2ccccc2)cc1. The average molecular weight is 413 g/mol. The Kier molecular flexibility index (Phi) is 9.51. The van der Waals surface area contributed by atoms with Crippen LogP contribution in [0.1, 0.15) is 20.3 Å². The van der Waals surface area contributed by atoms with Gasteiger partial charge < -0.3 is 25.0 Å². The molecule has 30 heavy (non-hydrogen) atoms. The minimum atomic E-state index is -0.0656. The van der Waals surface area contributed by atoms with E-state index < -0.39 is 0 Å². The fourth-order valence-corrected chi connectivity index (χ4v) is 2.44. The predicted molar refractivity (Wildman–Crippen MR) is 121 cm³/mol. The van der Waals surface area contributed by atoms with E-state index in [2.05, 4.69) is 15.6 Å². The van der Waals surface area contributed by atoms with E-state index in [1.807, 2.05) is 68.4 Å². The van der Waals surface area contributed by atoms with Crippen molar-refractivity contribution in [3.63, 3.8) is 0 Å². The zero-order valence-corrected chi connectivity index (χ0v) is 18.2. The maximum absolute atomic E-state index is 11.9. The van der Waals surface area contributed by atoms with E-state index in [4.69, 9.17) is 9.47 Å². The number of likely N-dealkylation sites (N-methyl/N-ethyl adjacent to an activating group) is 1. The Morgan fingerprint density at radius 1 is 1.03 bits per heavy atom. The topological polar surface area (TPSA) is 75.2 Å². The summed E-state index contributed by atoms with van der Waals surface area (Å²) in [7, 11) is 3.43. The largest absolute Gasteiger partial charge is 0.494 e. The van der Waals surface area contributed by atoms with Gasteiger partial charge in [-0.3, -0.25) is 4.79 Å². The van der Waals surface area contributed by atoms with Gasteiger partial charge in [0, 0.05) is 26.3 Å².